The van der Waals surface area contributed by atoms with Gasteiger partial charge in [-0.3, -0.25) is 0 Å². The van der Waals surface area contributed by atoms with Crippen LogP contribution < -0.4 is 8.70 Å². The van der Waals surface area contributed by atoms with Gasteiger partial charge in [0.15, 0.2) is 0 Å². The molecule has 0 nitrogen and oxygen atoms in total. The molecule has 1 fully saturated rings. The van der Waals surface area contributed by atoms with Gasteiger partial charge in [-0.05, 0) is 0 Å². The van der Waals surface area contributed by atoms with E-state index in [1.54, 1.807) is 19.1 Å². The van der Waals surface area contributed by atoms with Gasteiger partial charge in [0.05, 0.1) is 0 Å². The van der Waals surface area contributed by atoms with Crippen LogP contribution in [0, 0.1) is 0 Å². The molecule has 1 aliphatic rings. The molecule has 1 saturated heterocycles. The fourth-order valence-corrected chi connectivity index (χ4v) is 27.5. The molecule has 0 saturated carbocycles. The van der Waals surface area contributed by atoms with Gasteiger partial charge in [-0.2, -0.15) is 0 Å². The summed E-state index contributed by atoms with van der Waals surface area (Å²) in [5.74, 6) is 0. The number of rotatable bonds is 2. The first-order chi connectivity index (χ1) is 8.95. The summed E-state index contributed by atoms with van der Waals surface area (Å²) >= 11 is -1.51. The van der Waals surface area contributed by atoms with E-state index in [9.17, 15) is 0 Å². The molecule has 3 rings (SSSR count). The molecule has 0 N–H and O–H groups in total. The predicted molar refractivity (Wildman–Crippen MR) is 82.5 cm³/mol. The molecule has 2 heteroatoms. The molecule has 2 aromatic carbocycles. The summed E-state index contributed by atoms with van der Waals surface area (Å²) < 4.78 is 3.46. The van der Waals surface area contributed by atoms with Crippen LogP contribution >= 0.6 is 0 Å². The second kappa shape index (κ2) is 6.13. The Morgan fingerprint density at radius 2 is 0.944 bits per heavy atom. The predicted octanol–water partition coefficient (Wildman–Crippen LogP) is 2.66. The Morgan fingerprint density at radius 1 is 0.556 bits per heavy atom. The molecule has 0 amide bonds. The third kappa shape index (κ3) is 2.76. The SMILES string of the molecule is c1ccc([As]2CCCC[As]2c2ccccc2)cc1. The van der Waals surface area contributed by atoms with Crippen LogP contribution in [0.2, 0.25) is 10.4 Å². The molecule has 92 valence electrons. The fourth-order valence-electron chi connectivity index (χ4n) is 2.50. The second-order valence-electron chi connectivity index (χ2n) is 4.62. The Balaban J connectivity index is 1.92. The van der Waals surface area contributed by atoms with Crippen LogP contribution in [0.4, 0.5) is 0 Å². The molecular formula is C16H18As2. The van der Waals surface area contributed by atoms with E-state index in [4.69, 9.17) is 0 Å². The molecule has 0 radical (unpaired) electrons. The first-order valence-electron chi connectivity index (χ1n) is 6.60. The Hall–Kier alpha value is -0.443. The van der Waals surface area contributed by atoms with E-state index in [-0.39, 0.29) is 0 Å². The van der Waals surface area contributed by atoms with Crippen LogP contribution in [0.3, 0.4) is 0 Å². The van der Waals surface area contributed by atoms with Gasteiger partial charge in [0, 0.05) is 0 Å². The first-order valence-corrected chi connectivity index (χ1v) is 16.3. The monoisotopic (exact) mass is 360 g/mol. The van der Waals surface area contributed by atoms with Crippen LogP contribution in [0.1, 0.15) is 12.8 Å². The second-order valence-corrected chi connectivity index (χ2v) is 22.5. The summed E-state index contributed by atoms with van der Waals surface area (Å²) in [6.45, 7) is 0. The normalized spacial score (nSPS) is 23.8. The standard InChI is InChI=1S/C16H18As2/c1-3-9-15(10-4-1)17-13-7-8-14-18(17)16-11-5-2-6-12-16/h1-6,9-12H,7-8,13-14H2. The van der Waals surface area contributed by atoms with Crippen LogP contribution in [-0.2, 0) is 0 Å². The summed E-state index contributed by atoms with van der Waals surface area (Å²) in [5, 5.41) is 3.10. The average molecular weight is 360 g/mol. The van der Waals surface area contributed by atoms with Crippen molar-refractivity contribution in [3.05, 3.63) is 60.7 Å². The minimum absolute atomic E-state index is 0.757. The van der Waals surface area contributed by atoms with Crippen molar-refractivity contribution in [1.29, 1.82) is 0 Å². The summed E-state index contributed by atoms with van der Waals surface area (Å²) in [5.41, 5.74) is 0. The maximum absolute atomic E-state index is 2.40. The molecule has 0 aromatic heterocycles. The van der Waals surface area contributed by atoms with Gasteiger partial charge in [0.2, 0.25) is 0 Å². The molecular weight excluding hydrogens is 342 g/mol. The van der Waals surface area contributed by atoms with Crippen LogP contribution in [0.25, 0.3) is 0 Å². The van der Waals surface area contributed by atoms with Gasteiger partial charge in [0.1, 0.15) is 0 Å². The van der Waals surface area contributed by atoms with Gasteiger partial charge in [-0.1, -0.05) is 0 Å². The van der Waals surface area contributed by atoms with Crippen molar-refractivity contribution in [2.75, 3.05) is 0 Å². The zero-order chi connectivity index (χ0) is 12.2. The average Bonchev–Trinajstić information content (AvgIpc) is 2.49. The Labute approximate surface area is 117 Å². The quantitative estimate of drug-likeness (QED) is 0.723. The maximum atomic E-state index is 2.40. The van der Waals surface area contributed by atoms with Crippen molar-refractivity contribution < 1.29 is 0 Å². The molecule has 18 heavy (non-hydrogen) atoms. The van der Waals surface area contributed by atoms with Crippen molar-refractivity contribution in [2.45, 2.75) is 23.3 Å². The van der Waals surface area contributed by atoms with Crippen molar-refractivity contribution in [2.24, 2.45) is 0 Å². The summed E-state index contributed by atoms with van der Waals surface area (Å²) in [7, 11) is 0. The minimum atomic E-state index is -0.757. The molecule has 2 atom stereocenters. The molecule has 2 aromatic rings. The molecule has 0 spiro atoms. The third-order valence-electron chi connectivity index (χ3n) is 3.39. The van der Waals surface area contributed by atoms with E-state index in [1.165, 1.54) is 12.8 Å². The molecule has 0 aliphatic carbocycles. The van der Waals surface area contributed by atoms with Crippen LogP contribution in [0.5, 0.6) is 0 Å². The zero-order valence-corrected chi connectivity index (χ0v) is 14.2. The molecule has 1 aliphatic heterocycles. The summed E-state index contributed by atoms with van der Waals surface area (Å²) in [4.78, 5) is 0. The van der Waals surface area contributed by atoms with Gasteiger partial charge < -0.3 is 0 Å². The zero-order valence-electron chi connectivity index (χ0n) is 10.5. The summed E-state index contributed by atoms with van der Waals surface area (Å²) in [6.07, 6.45) is 2.96. The number of hydrogen-bond acceptors (Lipinski definition) is 0. The van der Waals surface area contributed by atoms with E-state index in [2.05, 4.69) is 60.7 Å². The number of hydrogen-bond donors (Lipinski definition) is 0. The topological polar surface area (TPSA) is 0 Å². The molecule has 2 unspecified atom stereocenters. The van der Waals surface area contributed by atoms with E-state index >= 15 is 0 Å². The van der Waals surface area contributed by atoms with Gasteiger partial charge in [-0.25, -0.2) is 0 Å². The summed E-state index contributed by atoms with van der Waals surface area (Å²) in [6, 6.07) is 22.8. The van der Waals surface area contributed by atoms with Crippen LogP contribution in [0.15, 0.2) is 60.7 Å². The molecule has 1 heterocycles. The fraction of sp³-hybridized carbons (Fsp3) is 0.250. The third-order valence-corrected chi connectivity index (χ3v) is 27.2. The Morgan fingerprint density at radius 3 is 1.33 bits per heavy atom. The van der Waals surface area contributed by atoms with Crippen molar-refractivity contribution in [3.8, 4) is 0 Å². The van der Waals surface area contributed by atoms with Crippen LogP contribution in [-0.4, -0.2) is 25.2 Å². The van der Waals surface area contributed by atoms with E-state index < -0.39 is 25.2 Å². The van der Waals surface area contributed by atoms with E-state index in [1.807, 2.05) is 0 Å². The van der Waals surface area contributed by atoms with Gasteiger partial charge in [-0.15, -0.1) is 0 Å². The molecule has 0 bridgehead atoms. The number of benzene rings is 2. The van der Waals surface area contributed by atoms with Gasteiger partial charge in [0.25, 0.3) is 0 Å². The Kier molecular flexibility index (Phi) is 4.29. The van der Waals surface area contributed by atoms with Crippen molar-refractivity contribution >= 4 is 33.9 Å². The van der Waals surface area contributed by atoms with Crippen molar-refractivity contribution in [3.63, 3.8) is 0 Å². The van der Waals surface area contributed by atoms with Gasteiger partial charge >= 0.3 is 118 Å². The first kappa shape index (κ1) is 12.6. The van der Waals surface area contributed by atoms with E-state index in [0.29, 0.717) is 0 Å². The van der Waals surface area contributed by atoms with Crippen molar-refractivity contribution in [1.82, 2.24) is 0 Å². The Bertz CT molecular complexity index is 433. The van der Waals surface area contributed by atoms with E-state index in [0.717, 1.165) is 0 Å².